The molecule has 1 saturated heterocycles. The van der Waals surface area contributed by atoms with Crippen molar-refractivity contribution in [2.24, 2.45) is 0 Å². The molecule has 0 spiro atoms. The van der Waals surface area contributed by atoms with E-state index in [-0.39, 0.29) is 12.2 Å². The predicted molar refractivity (Wildman–Crippen MR) is 115 cm³/mol. The number of nitrogens with zero attached hydrogens (tertiary/aromatic N) is 2. The molecule has 1 unspecified atom stereocenters. The van der Waals surface area contributed by atoms with Gasteiger partial charge in [-0.3, -0.25) is 9.10 Å². The van der Waals surface area contributed by atoms with E-state index in [9.17, 15) is 17.6 Å². The summed E-state index contributed by atoms with van der Waals surface area (Å²) in [5, 5.41) is 2.76. The molecule has 1 aliphatic heterocycles. The van der Waals surface area contributed by atoms with Crippen LogP contribution >= 0.6 is 0 Å². The summed E-state index contributed by atoms with van der Waals surface area (Å²) in [6.07, 6.45) is 0.992. The first kappa shape index (κ1) is 22.0. The van der Waals surface area contributed by atoms with Crippen LogP contribution in [0.5, 0.6) is 0 Å². The number of nitrogens with one attached hydrogen (secondary N) is 1. The SMILES string of the molecule is CC(C(=O)NCc1ccc(N2CCOCC2)cc1)N(c1cccc(F)c1)S(C)(=O)=O. The van der Waals surface area contributed by atoms with E-state index in [1.807, 2.05) is 24.3 Å². The van der Waals surface area contributed by atoms with Crippen LogP contribution in [0.3, 0.4) is 0 Å². The van der Waals surface area contributed by atoms with Gasteiger partial charge in [0.15, 0.2) is 0 Å². The largest absolute Gasteiger partial charge is 0.378 e. The molecule has 1 fully saturated rings. The first-order valence-electron chi connectivity index (χ1n) is 9.70. The maximum absolute atomic E-state index is 13.6. The minimum absolute atomic E-state index is 0.106. The van der Waals surface area contributed by atoms with Crippen molar-refractivity contribution < 1.29 is 22.3 Å². The van der Waals surface area contributed by atoms with E-state index in [1.165, 1.54) is 25.1 Å². The highest BCUT2D eigenvalue weighted by Crippen LogP contribution is 2.22. The van der Waals surface area contributed by atoms with Crippen LogP contribution in [0.25, 0.3) is 0 Å². The standard InChI is InChI=1S/C21H26FN3O4S/c1-16(25(30(2,27)28)20-5-3-4-18(22)14-20)21(26)23-15-17-6-8-19(9-7-17)24-10-12-29-13-11-24/h3-9,14,16H,10-13,15H2,1-2H3,(H,23,26). The van der Waals surface area contributed by atoms with Crippen molar-refractivity contribution in [2.45, 2.75) is 19.5 Å². The lowest BCUT2D eigenvalue weighted by Crippen LogP contribution is -2.47. The average Bonchev–Trinajstić information content (AvgIpc) is 2.72. The molecule has 1 aliphatic rings. The average molecular weight is 436 g/mol. The van der Waals surface area contributed by atoms with Gasteiger partial charge in [0.25, 0.3) is 0 Å². The van der Waals surface area contributed by atoms with Crippen LogP contribution in [0.15, 0.2) is 48.5 Å². The number of carbonyl (C=O) groups is 1. The van der Waals surface area contributed by atoms with Gasteiger partial charge in [0.2, 0.25) is 15.9 Å². The Bertz CT molecular complexity index is 976. The monoisotopic (exact) mass is 435 g/mol. The van der Waals surface area contributed by atoms with E-state index in [2.05, 4.69) is 10.2 Å². The highest BCUT2D eigenvalue weighted by atomic mass is 32.2. The molecule has 0 aliphatic carbocycles. The number of hydrogen-bond donors (Lipinski definition) is 1. The highest BCUT2D eigenvalue weighted by Gasteiger charge is 2.29. The van der Waals surface area contributed by atoms with E-state index >= 15 is 0 Å². The zero-order valence-corrected chi connectivity index (χ0v) is 17.9. The van der Waals surface area contributed by atoms with Gasteiger partial charge in [0, 0.05) is 25.3 Å². The Morgan fingerprint density at radius 3 is 2.47 bits per heavy atom. The Morgan fingerprint density at radius 1 is 1.20 bits per heavy atom. The summed E-state index contributed by atoms with van der Waals surface area (Å²) in [4.78, 5) is 14.9. The summed E-state index contributed by atoms with van der Waals surface area (Å²) in [7, 11) is -3.79. The van der Waals surface area contributed by atoms with Crippen LogP contribution in [-0.2, 0) is 26.1 Å². The Labute approximate surface area is 176 Å². The second-order valence-electron chi connectivity index (χ2n) is 7.20. The summed E-state index contributed by atoms with van der Waals surface area (Å²) in [5.74, 6) is -1.05. The number of anilines is 2. The minimum atomic E-state index is -3.79. The summed E-state index contributed by atoms with van der Waals surface area (Å²) >= 11 is 0. The molecule has 0 aromatic heterocycles. The fourth-order valence-electron chi connectivity index (χ4n) is 3.41. The maximum Gasteiger partial charge on any atom is 0.243 e. The molecule has 3 rings (SSSR count). The van der Waals surface area contributed by atoms with Crippen molar-refractivity contribution in [1.29, 1.82) is 0 Å². The van der Waals surface area contributed by atoms with Crippen LogP contribution in [0.4, 0.5) is 15.8 Å². The number of halogens is 1. The van der Waals surface area contributed by atoms with Gasteiger partial charge in [-0.2, -0.15) is 0 Å². The lowest BCUT2D eigenvalue weighted by Gasteiger charge is -2.29. The van der Waals surface area contributed by atoms with E-state index in [4.69, 9.17) is 4.74 Å². The molecular formula is C21H26FN3O4S. The summed E-state index contributed by atoms with van der Waals surface area (Å²) in [6, 6.07) is 12.0. The fourth-order valence-corrected chi connectivity index (χ4v) is 4.57. The summed E-state index contributed by atoms with van der Waals surface area (Å²) in [6.45, 7) is 4.83. The van der Waals surface area contributed by atoms with Crippen molar-refractivity contribution in [2.75, 3.05) is 41.8 Å². The first-order chi connectivity index (χ1) is 14.3. The molecule has 1 amide bonds. The van der Waals surface area contributed by atoms with E-state index in [0.29, 0.717) is 13.2 Å². The Hall–Kier alpha value is -2.65. The number of carbonyl (C=O) groups excluding carboxylic acids is 1. The molecule has 2 aromatic rings. The lowest BCUT2D eigenvalue weighted by atomic mass is 10.1. The zero-order chi connectivity index (χ0) is 21.7. The molecule has 2 aromatic carbocycles. The van der Waals surface area contributed by atoms with Gasteiger partial charge in [-0.05, 0) is 42.8 Å². The quantitative estimate of drug-likeness (QED) is 0.721. The molecule has 1 N–H and O–H groups in total. The number of ether oxygens (including phenoxy) is 1. The van der Waals surface area contributed by atoms with Gasteiger partial charge in [0.1, 0.15) is 11.9 Å². The van der Waals surface area contributed by atoms with Gasteiger partial charge >= 0.3 is 0 Å². The highest BCUT2D eigenvalue weighted by molar-refractivity contribution is 7.92. The number of hydrogen-bond acceptors (Lipinski definition) is 5. The second-order valence-corrected chi connectivity index (χ2v) is 9.06. The number of benzene rings is 2. The molecule has 162 valence electrons. The molecule has 0 radical (unpaired) electrons. The third-order valence-corrected chi connectivity index (χ3v) is 6.17. The Morgan fingerprint density at radius 2 is 1.87 bits per heavy atom. The van der Waals surface area contributed by atoms with Gasteiger partial charge < -0.3 is 15.0 Å². The molecule has 1 atom stereocenters. The van der Waals surface area contributed by atoms with Crippen LogP contribution in [-0.4, -0.2) is 52.9 Å². The van der Waals surface area contributed by atoms with Crippen molar-refractivity contribution in [3.8, 4) is 0 Å². The number of amides is 1. The third-order valence-electron chi connectivity index (χ3n) is 4.93. The molecule has 9 heteroatoms. The van der Waals surface area contributed by atoms with Crippen LogP contribution in [0.2, 0.25) is 0 Å². The Kier molecular flexibility index (Phi) is 6.94. The van der Waals surface area contributed by atoms with Crippen molar-refractivity contribution >= 4 is 27.3 Å². The smallest absolute Gasteiger partial charge is 0.243 e. The molecular weight excluding hydrogens is 409 g/mol. The lowest BCUT2D eigenvalue weighted by molar-refractivity contribution is -0.122. The molecule has 7 nitrogen and oxygen atoms in total. The third kappa shape index (κ3) is 5.48. The van der Waals surface area contributed by atoms with E-state index in [0.717, 1.165) is 41.0 Å². The summed E-state index contributed by atoms with van der Waals surface area (Å²) < 4.78 is 44.4. The van der Waals surface area contributed by atoms with E-state index < -0.39 is 27.8 Å². The fraction of sp³-hybridized carbons (Fsp3) is 0.381. The van der Waals surface area contributed by atoms with E-state index in [1.54, 1.807) is 0 Å². The normalized spacial score (nSPS) is 15.5. The van der Waals surface area contributed by atoms with Crippen molar-refractivity contribution in [3.63, 3.8) is 0 Å². The zero-order valence-electron chi connectivity index (χ0n) is 17.0. The minimum Gasteiger partial charge on any atom is -0.378 e. The Balaban J connectivity index is 1.65. The van der Waals surface area contributed by atoms with Crippen LogP contribution < -0.4 is 14.5 Å². The van der Waals surface area contributed by atoms with Gasteiger partial charge in [-0.25, -0.2) is 12.8 Å². The molecule has 1 heterocycles. The first-order valence-corrected chi connectivity index (χ1v) is 11.5. The number of morpholine rings is 1. The summed E-state index contributed by atoms with van der Waals surface area (Å²) in [5.41, 5.74) is 2.09. The van der Waals surface area contributed by atoms with Gasteiger partial charge in [-0.15, -0.1) is 0 Å². The van der Waals surface area contributed by atoms with Crippen molar-refractivity contribution in [1.82, 2.24) is 5.32 Å². The van der Waals surface area contributed by atoms with Gasteiger partial charge in [0.05, 0.1) is 25.2 Å². The maximum atomic E-state index is 13.6. The van der Waals surface area contributed by atoms with Crippen LogP contribution in [0, 0.1) is 5.82 Å². The van der Waals surface area contributed by atoms with Crippen molar-refractivity contribution in [3.05, 3.63) is 59.9 Å². The molecule has 30 heavy (non-hydrogen) atoms. The molecule has 0 bridgehead atoms. The number of sulfonamides is 1. The molecule has 0 saturated carbocycles. The topological polar surface area (TPSA) is 79.0 Å². The number of rotatable bonds is 7. The second kappa shape index (κ2) is 9.44. The van der Waals surface area contributed by atoms with Gasteiger partial charge in [-0.1, -0.05) is 18.2 Å². The predicted octanol–water partition coefficient (Wildman–Crippen LogP) is 2.13. The van der Waals surface area contributed by atoms with Crippen LogP contribution in [0.1, 0.15) is 12.5 Å².